The second-order valence-corrected chi connectivity index (χ2v) is 11.2. The molecular weight excluding hydrogens is 249 g/mol. The number of thiol groups is 1. The summed E-state index contributed by atoms with van der Waals surface area (Å²) in [5.74, 6) is 0. The monoisotopic (exact) mass is 272 g/mol. The molecule has 0 aromatic heterocycles. The summed E-state index contributed by atoms with van der Waals surface area (Å²) in [6.07, 6.45) is 0. The lowest BCUT2D eigenvalue weighted by molar-refractivity contribution is -0.849. The summed E-state index contributed by atoms with van der Waals surface area (Å²) in [7, 11) is 8.50. The van der Waals surface area contributed by atoms with Gasteiger partial charge in [0, 0.05) is 5.41 Å². The molecule has 0 aliphatic carbocycles. The fraction of sp³-hybridized carbons (Fsp3) is 1.00. The molecule has 0 amide bonds. The third-order valence-electron chi connectivity index (χ3n) is 1.24. The van der Waals surface area contributed by atoms with Crippen LogP contribution in [0.1, 0.15) is 13.8 Å². The van der Waals surface area contributed by atoms with Crippen LogP contribution in [-0.2, 0) is 20.9 Å². The van der Waals surface area contributed by atoms with Crippen molar-refractivity contribution < 1.29 is 13.5 Å². The van der Waals surface area contributed by atoms with Gasteiger partial charge in [-0.15, -0.1) is 0 Å². The van der Waals surface area contributed by atoms with Crippen LogP contribution in [0.3, 0.4) is 0 Å². The fourth-order valence-corrected chi connectivity index (χ4v) is 2.35. The maximum Gasteiger partial charge on any atom is 0.244 e. The largest absolute Gasteiger partial charge is 0.333 e. The predicted molar refractivity (Wildman–Crippen MR) is 72.9 cm³/mol. The zero-order chi connectivity index (χ0) is 12.3. The maximum atomic E-state index is 5.25. The van der Waals surface area contributed by atoms with Crippen LogP contribution < -0.4 is 0 Å². The quantitative estimate of drug-likeness (QED) is 0.415. The Hall–Kier alpha value is 0.880. The summed E-state index contributed by atoms with van der Waals surface area (Å²) in [5.41, 5.74) is -2.04. The number of hydrogen-bond donors (Lipinski definition) is 1. The molecule has 0 radical (unpaired) electrons. The lowest BCUT2D eigenvalue weighted by Crippen LogP contribution is -2.28. The Morgan fingerprint density at radius 2 is 1.40 bits per heavy atom. The van der Waals surface area contributed by atoms with Crippen LogP contribution in [0.4, 0.5) is 0 Å². The van der Waals surface area contributed by atoms with Gasteiger partial charge in [0.05, 0.1) is 41.4 Å². The smallest absolute Gasteiger partial charge is 0.244 e. The molecule has 0 atom stereocenters. The molecule has 3 nitrogen and oxygen atoms in total. The van der Waals surface area contributed by atoms with E-state index >= 15 is 0 Å². The van der Waals surface area contributed by atoms with Gasteiger partial charge in [-0.1, -0.05) is 26.1 Å². The normalized spacial score (nSPS) is 23.9. The second kappa shape index (κ2) is 5.48. The summed E-state index contributed by atoms with van der Waals surface area (Å²) in [6.45, 7) is 5.48. The van der Waals surface area contributed by atoms with Crippen molar-refractivity contribution in [1.29, 1.82) is 0 Å². The molecule has 6 heteroatoms. The molecule has 1 saturated heterocycles. The van der Waals surface area contributed by atoms with Crippen molar-refractivity contribution in [3.05, 3.63) is 0 Å². The van der Waals surface area contributed by atoms with Crippen LogP contribution >= 0.6 is 17.9 Å². The Labute approximate surface area is 104 Å². The summed E-state index contributed by atoms with van der Waals surface area (Å²) in [6, 6.07) is 0. The van der Waals surface area contributed by atoms with E-state index in [-0.39, 0.29) is 5.41 Å². The van der Waals surface area contributed by atoms with Crippen molar-refractivity contribution in [1.82, 2.24) is 0 Å². The van der Waals surface area contributed by atoms with Gasteiger partial charge >= 0.3 is 0 Å². The second-order valence-electron chi connectivity index (χ2n) is 5.86. The van der Waals surface area contributed by atoms with E-state index in [2.05, 4.69) is 54.3 Å². The van der Waals surface area contributed by atoms with Crippen molar-refractivity contribution in [2.45, 2.75) is 13.8 Å². The van der Waals surface area contributed by atoms with Crippen molar-refractivity contribution >= 4 is 29.7 Å². The van der Waals surface area contributed by atoms with E-state index in [1.807, 2.05) is 0 Å². The van der Waals surface area contributed by atoms with E-state index in [9.17, 15) is 0 Å². The van der Waals surface area contributed by atoms with Crippen molar-refractivity contribution in [3.63, 3.8) is 0 Å². The SMILES string of the molecule is CC1(C)COP(=S)(S)OC1.C[N+](C)(C)C. The average molecular weight is 272 g/mol. The molecule has 1 rings (SSSR count). The van der Waals surface area contributed by atoms with E-state index in [0.717, 1.165) is 4.48 Å². The first-order valence-electron chi connectivity index (χ1n) is 4.82. The Kier molecular flexibility index (Phi) is 5.80. The van der Waals surface area contributed by atoms with Gasteiger partial charge in [0.15, 0.2) is 0 Å². The molecule has 0 unspecified atom stereocenters. The topological polar surface area (TPSA) is 18.5 Å². The maximum absolute atomic E-state index is 5.25. The number of nitrogens with zero attached hydrogens (tertiary/aromatic N) is 1. The first-order valence-corrected chi connectivity index (χ1v) is 8.61. The highest BCUT2D eigenvalue weighted by Gasteiger charge is 2.30. The first-order chi connectivity index (χ1) is 6.41. The highest BCUT2D eigenvalue weighted by molar-refractivity contribution is 8.60. The zero-order valence-corrected chi connectivity index (χ0v) is 13.1. The van der Waals surface area contributed by atoms with Crippen LogP contribution in [0, 0.1) is 5.41 Å². The zero-order valence-electron chi connectivity index (χ0n) is 10.5. The van der Waals surface area contributed by atoms with E-state index in [0.29, 0.717) is 13.2 Å². The van der Waals surface area contributed by atoms with E-state index in [1.165, 1.54) is 0 Å². The molecule has 1 aliphatic heterocycles. The number of hydrogen-bond acceptors (Lipinski definition) is 3. The van der Waals surface area contributed by atoms with Crippen LogP contribution in [0.15, 0.2) is 0 Å². The van der Waals surface area contributed by atoms with Gasteiger partial charge in [0.2, 0.25) is 5.69 Å². The molecule has 0 aromatic carbocycles. The van der Waals surface area contributed by atoms with Gasteiger partial charge in [-0.3, -0.25) is 0 Å². The van der Waals surface area contributed by atoms with Gasteiger partial charge in [0.25, 0.3) is 0 Å². The lowest BCUT2D eigenvalue weighted by Gasteiger charge is -2.33. The molecule has 92 valence electrons. The Bertz CT molecular complexity index is 231. The molecule has 0 aromatic rings. The first kappa shape index (κ1) is 15.9. The third-order valence-corrected chi connectivity index (χ3v) is 3.47. The van der Waals surface area contributed by atoms with Crippen LogP contribution in [0.2, 0.25) is 0 Å². The van der Waals surface area contributed by atoms with Crippen molar-refractivity contribution in [2.75, 3.05) is 41.4 Å². The number of rotatable bonds is 0. The molecule has 1 heterocycles. The van der Waals surface area contributed by atoms with Crippen LogP contribution in [0.5, 0.6) is 0 Å². The minimum absolute atomic E-state index is 0.102. The summed E-state index contributed by atoms with van der Waals surface area (Å²) in [4.78, 5) is 0. The van der Waals surface area contributed by atoms with E-state index in [4.69, 9.17) is 20.9 Å². The van der Waals surface area contributed by atoms with Crippen LogP contribution in [0.25, 0.3) is 0 Å². The summed E-state index contributed by atoms with van der Waals surface area (Å²) < 4.78 is 11.5. The van der Waals surface area contributed by atoms with Crippen LogP contribution in [-0.4, -0.2) is 45.9 Å². The van der Waals surface area contributed by atoms with E-state index in [1.54, 1.807) is 0 Å². The van der Waals surface area contributed by atoms with Crippen molar-refractivity contribution in [2.24, 2.45) is 5.41 Å². The average Bonchev–Trinajstić information content (AvgIpc) is 1.94. The minimum atomic E-state index is -2.14. The summed E-state index contributed by atoms with van der Waals surface area (Å²) >= 11 is 9.01. The molecular formula is C9H23NO2PS2+. The van der Waals surface area contributed by atoms with Gasteiger partial charge in [-0.05, 0) is 11.8 Å². The van der Waals surface area contributed by atoms with Crippen molar-refractivity contribution in [3.8, 4) is 0 Å². The molecule has 1 fully saturated rings. The molecule has 15 heavy (non-hydrogen) atoms. The third kappa shape index (κ3) is 11.1. The minimum Gasteiger partial charge on any atom is -0.333 e. The Morgan fingerprint density at radius 3 is 1.60 bits per heavy atom. The Balaban J connectivity index is 0.000000336. The van der Waals surface area contributed by atoms with Gasteiger partial charge in [-0.25, -0.2) is 0 Å². The standard InChI is InChI=1S/C5H11O2PS2.C4H12N/c1-5(2)3-6-8(9,10)7-4-5;1-5(2,3)4/h3-4H2,1-2H3,(H,9,10);1-4H3/q;+1. The van der Waals surface area contributed by atoms with E-state index < -0.39 is 5.69 Å². The van der Waals surface area contributed by atoms with Gasteiger partial charge < -0.3 is 13.5 Å². The predicted octanol–water partition coefficient (Wildman–Crippen LogP) is 2.54. The summed E-state index contributed by atoms with van der Waals surface area (Å²) in [5, 5.41) is 0. The highest BCUT2D eigenvalue weighted by Crippen LogP contribution is 2.57. The molecule has 0 bridgehead atoms. The van der Waals surface area contributed by atoms with Gasteiger partial charge in [-0.2, -0.15) is 0 Å². The highest BCUT2D eigenvalue weighted by atomic mass is 32.9. The van der Waals surface area contributed by atoms with Gasteiger partial charge in [0.1, 0.15) is 0 Å². The molecule has 0 spiro atoms. The lowest BCUT2D eigenvalue weighted by atomic mass is 9.97. The fourth-order valence-electron chi connectivity index (χ4n) is 0.592. The molecule has 0 N–H and O–H groups in total. The molecule has 1 aliphatic rings. The molecule has 0 saturated carbocycles. The Morgan fingerprint density at radius 1 is 1.13 bits per heavy atom. The number of quaternary nitrogens is 1.